The SMILES string of the molecule is Cc1sc(C(Br)c2ccccc2C(C)(C)C)cc1Br. The summed E-state index contributed by atoms with van der Waals surface area (Å²) in [5.74, 6) is 0. The molecule has 2 aromatic rings. The van der Waals surface area contributed by atoms with Gasteiger partial charge in [0, 0.05) is 14.2 Å². The smallest absolute Gasteiger partial charge is 0.0741 e. The topological polar surface area (TPSA) is 0 Å². The molecule has 0 spiro atoms. The zero-order valence-corrected chi connectivity index (χ0v) is 15.6. The van der Waals surface area contributed by atoms with Gasteiger partial charge in [0.2, 0.25) is 0 Å². The highest BCUT2D eigenvalue weighted by atomic mass is 79.9. The average Bonchev–Trinajstić information content (AvgIpc) is 2.68. The molecule has 102 valence electrons. The lowest BCUT2D eigenvalue weighted by atomic mass is 9.83. The molecule has 1 aromatic carbocycles. The fourth-order valence-electron chi connectivity index (χ4n) is 2.16. The highest BCUT2D eigenvalue weighted by Crippen LogP contribution is 2.42. The average molecular weight is 402 g/mol. The number of alkyl halides is 1. The molecule has 0 amide bonds. The summed E-state index contributed by atoms with van der Waals surface area (Å²) in [6, 6.07) is 10.9. The summed E-state index contributed by atoms with van der Waals surface area (Å²) in [5.41, 5.74) is 2.93. The Labute approximate surface area is 136 Å². The van der Waals surface area contributed by atoms with Gasteiger partial charge in [-0.05, 0) is 45.5 Å². The van der Waals surface area contributed by atoms with E-state index in [1.807, 2.05) is 11.3 Å². The Kier molecular flexibility index (Phi) is 4.59. The molecule has 0 aliphatic rings. The van der Waals surface area contributed by atoms with Crippen LogP contribution >= 0.6 is 43.2 Å². The predicted molar refractivity (Wildman–Crippen MR) is 92.7 cm³/mol. The Morgan fingerprint density at radius 2 is 1.79 bits per heavy atom. The standard InChI is InChI=1S/C16H18Br2S/c1-10-13(17)9-14(19-10)15(18)11-7-5-6-8-12(11)16(2,3)4/h5-9,15H,1-4H3. The van der Waals surface area contributed by atoms with Gasteiger partial charge in [-0.3, -0.25) is 0 Å². The molecule has 0 saturated carbocycles. The molecule has 2 rings (SSSR count). The van der Waals surface area contributed by atoms with Crippen LogP contribution in [0.2, 0.25) is 0 Å². The van der Waals surface area contributed by atoms with E-state index in [1.165, 1.54) is 25.4 Å². The van der Waals surface area contributed by atoms with Gasteiger partial charge in [-0.2, -0.15) is 0 Å². The Hall–Kier alpha value is -0.120. The third kappa shape index (κ3) is 3.32. The van der Waals surface area contributed by atoms with Crippen LogP contribution in [0.5, 0.6) is 0 Å². The predicted octanol–water partition coefficient (Wildman–Crippen LogP) is 6.60. The summed E-state index contributed by atoms with van der Waals surface area (Å²) in [6.07, 6.45) is 0. The van der Waals surface area contributed by atoms with Crippen molar-refractivity contribution in [1.29, 1.82) is 0 Å². The van der Waals surface area contributed by atoms with Crippen molar-refractivity contribution in [2.75, 3.05) is 0 Å². The van der Waals surface area contributed by atoms with Crippen molar-refractivity contribution < 1.29 is 0 Å². The normalized spacial score (nSPS) is 13.6. The van der Waals surface area contributed by atoms with Crippen molar-refractivity contribution in [3.05, 3.63) is 55.7 Å². The number of rotatable bonds is 2. The summed E-state index contributed by atoms with van der Waals surface area (Å²) in [7, 11) is 0. The van der Waals surface area contributed by atoms with Gasteiger partial charge < -0.3 is 0 Å². The molecule has 1 heterocycles. The van der Waals surface area contributed by atoms with Gasteiger partial charge >= 0.3 is 0 Å². The third-order valence-electron chi connectivity index (χ3n) is 3.17. The minimum absolute atomic E-state index is 0.159. The van der Waals surface area contributed by atoms with E-state index >= 15 is 0 Å². The summed E-state index contributed by atoms with van der Waals surface area (Å²) in [6.45, 7) is 8.94. The Bertz CT molecular complexity index is 559. The molecule has 1 atom stereocenters. The van der Waals surface area contributed by atoms with Crippen molar-refractivity contribution >= 4 is 43.2 Å². The number of hydrogen-bond donors (Lipinski definition) is 0. The van der Waals surface area contributed by atoms with Gasteiger partial charge in [0.15, 0.2) is 0 Å². The van der Waals surface area contributed by atoms with Crippen LogP contribution in [-0.4, -0.2) is 0 Å². The first-order chi connectivity index (χ1) is 8.80. The lowest BCUT2D eigenvalue weighted by molar-refractivity contribution is 0.584. The molecule has 0 fully saturated rings. The second-order valence-electron chi connectivity index (χ2n) is 5.75. The molecule has 0 N–H and O–H groups in total. The second-order valence-corrected chi connectivity index (χ2v) is 8.81. The maximum atomic E-state index is 3.87. The van der Waals surface area contributed by atoms with Crippen molar-refractivity contribution in [3.63, 3.8) is 0 Å². The molecule has 0 saturated heterocycles. The first-order valence-electron chi connectivity index (χ1n) is 6.30. The fraction of sp³-hybridized carbons (Fsp3) is 0.375. The molecule has 0 aliphatic heterocycles. The molecule has 0 radical (unpaired) electrons. The minimum atomic E-state index is 0.159. The first-order valence-corrected chi connectivity index (χ1v) is 8.82. The molecular weight excluding hydrogens is 384 g/mol. The molecule has 19 heavy (non-hydrogen) atoms. The zero-order valence-electron chi connectivity index (χ0n) is 11.6. The molecule has 0 bridgehead atoms. The van der Waals surface area contributed by atoms with Crippen LogP contribution in [0.1, 0.15) is 46.5 Å². The molecule has 1 aromatic heterocycles. The van der Waals surface area contributed by atoms with Crippen LogP contribution in [0, 0.1) is 6.92 Å². The Balaban J connectivity index is 2.47. The minimum Gasteiger partial charge on any atom is -0.143 e. The van der Waals surface area contributed by atoms with Gasteiger partial charge in [0.1, 0.15) is 0 Å². The van der Waals surface area contributed by atoms with E-state index < -0.39 is 0 Å². The number of thiophene rings is 1. The molecule has 0 nitrogen and oxygen atoms in total. The van der Waals surface area contributed by atoms with E-state index in [-0.39, 0.29) is 10.2 Å². The molecule has 3 heteroatoms. The van der Waals surface area contributed by atoms with Crippen molar-refractivity contribution in [2.45, 2.75) is 37.9 Å². The lowest BCUT2D eigenvalue weighted by Gasteiger charge is -2.24. The number of aryl methyl sites for hydroxylation is 1. The van der Waals surface area contributed by atoms with E-state index in [2.05, 4.69) is 89.9 Å². The summed E-state index contributed by atoms with van der Waals surface area (Å²) < 4.78 is 1.20. The molecular formula is C16H18Br2S. The number of halogens is 2. The van der Waals surface area contributed by atoms with Crippen molar-refractivity contribution in [1.82, 2.24) is 0 Å². The van der Waals surface area contributed by atoms with Crippen molar-refractivity contribution in [3.8, 4) is 0 Å². The van der Waals surface area contributed by atoms with E-state index in [9.17, 15) is 0 Å². The first kappa shape index (κ1) is 15.3. The maximum absolute atomic E-state index is 3.87. The fourth-order valence-corrected chi connectivity index (χ4v) is 4.53. The quantitative estimate of drug-likeness (QED) is 0.497. The van der Waals surface area contributed by atoms with Crippen molar-refractivity contribution in [2.24, 2.45) is 0 Å². The van der Waals surface area contributed by atoms with Crippen LogP contribution in [0.4, 0.5) is 0 Å². The maximum Gasteiger partial charge on any atom is 0.0741 e. The number of hydrogen-bond acceptors (Lipinski definition) is 1. The monoisotopic (exact) mass is 400 g/mol. The van der Waals surface area contributed by atoms with Crippen LogP contribution in [0.3, 0.4) is 0 Å². The van der Waals surface area contributed by atoms with Crippen LogP contribution in [0.25, 0.3) is 0 Å². The Morgan fingerprint density at radius 1 is 1.16 bits per heavy atom. The van der Waals surface area contributed by atoms with Crippen LogP contribution < -0.4 is 0 Å². The highest BCUT2D eigenvalue weighted by Gasteiger charge is 2.23. The van der Waals surface area contributed by atoms with E-state index in [4.69, 9.17) is 0 Å². The van der Waals surface area contributed by atoms with Gasteiger partial charge in [-0.25, -0.2) is 0 Å². The van der Waals surface area contributed by atoms with E-state index in [0.29, 0.717) is 0 Å². The van der Waals surface area contributed by atoms with Gasteiger partial charge in [-0.1, -0.05) is 61.0 Å². The Morgan fingerprint density at radius 3 is 2.32 bits per heavy atom. The third-order valence-corrected chi connectivity index (χ3v) is 6.66. The molecule has 0 aliphatic carbocycles. The van der Waals surface area contributed by atoms with E-state index in [1.54, 1.807) is 0 Å². The zero-order chi connectivity index (χ0) is 14.2. The largest absolute Gasteiger partial charge is 0.143 e. The highest BCUT2D eigenvalue weighted by molar-refractivity contribution is 9.10. The number of benzene rings is 1. The van der Waals surface area contributed by atoms with E-state index in [0.717, 1.165) is 0 Å². The van der Waals surface area contributed by atoms with Gasteiger partial charge in [0.25, 0.3) is 0 Å². The lowest BCUT2D eigenvalue weighted by Crippen LogP contribution is -2.14. The van der Waals surface area contributed by atoms with Gasteiger partial charge in [-0.15, -0.1) is 11.3 Å². The summed E-state index contributed by atoms with van der Waals surface area (Å²) in [4.78, 5) is 2.94. The van der Waals surface area contributed by atoms with Crippen LogP contribution in [0.15, 0.2) is 34.8 Å². The van der Waals surface area contributed by atoms with Crippen LogP contribution in [-0.2, 0) is 5.41 Å². The second kappa shape index (κ2) is 5.71. The summed E-state index contributed by atoms with van der Waals surface area (Å²) >= 11 is 9.32. The van der Waals surface area contributed by atoms with Gasteiger partial charge in [0.05, 0.1) is 4.83 Å². The summed E-state index contributed by atoms with van der Waals surface area (Å²) in [5, 5.41) is 0. The molecule has 1 unspecified atom stereocenters.